The average Bonchev–Trinajstić information content (AvgIpc) is 2.62. The lowest BCUT2D eigenvalue weighted by Crippen LogP contribution is -1.95. The Kier molecular flexibility index (Phi) is 5.57. The number of hydrogen-bond acceptors (Lipinski definition) is 4. The maximum absolute atomic E-state index is 13.2. The summed E-state index contributed by atoms with van der Waals surface area (Å²) in [7, 11) is 0. The minimum absolute atomic E-state index is 0.0624. The lowest BCUT2D eigenvalue weighted by molar-refractivity contribution is 0.536. The quantitative estimate of drug-likeness (QED) is 0.449. The molecule has 0 aliphatic carbocycles. The van der Waals surface area contributed by atoms with Crippen LogP contribution in [0.5, 0.6) is 0 Å². The molecule has 0 amide bonds. The summed E-state index contributed by atoms with van der Waals surface area (Å²) >= 11 is 1.13. The zero-order valence-electron chi connectivity index (χ0n) is 13.3. The Bertz CT molecular complexity index is 1020. The lowest BCUT2D eigenvalue weighted by atomic mass is 9.97. The molecule has 0 N–H and O–H groups in total. The number of nitriles is 1. The Balaban J connectivity index is 2.14. The van der Waals surface area contributed by atoms with Gasteiger partial charge >= 0.3 is 0 Å². The molecule has 1 atom stereocenters. The molecule has 4 nitrogen and oxygen atoms in total. The van der Waals surface area contributed by atoms with Gasteiger partial charge in [-0.2, -0.15) is 5.26 Å². The van der Waals surface area contributed by atoms with Crippen molar-refractivity contribution in [3.8, 4) is 28.5 Å². The van der Waals surface area contributed by atoms with Gasteiger partial charge in [0.05, 0.1) is 11.3 Å². The minimum Gasteiger partial charge on any atom is -0.772 e. The molecule has 3 aromatic rings. The fourth-order valence-corrected chi connectivity index (χ4v) is 3.38. The minimum atomic E-state index is -2.16. The first-order valence-electron chi connectivity index (χ1n) is 7.49. The second kappa shape index (κ2) is 7.87. The van der Waals surface area contributed by atoms with Gasteiger partial charge in [-0.1, -0.05) is 35.3 Å². The van der Waals surface area contributed by atoms with Crippen molar-refractivity contribution in [2.45, 2.75) is 5.75 Å². The van der Waals surface area contributed by atoms with Crippen LogP contribution < -0.4 is 0 Å². The first-order chi connectivity index (χ1) is 12.5. The van der Waals surface area contributed by atoms with Crippen LogP contribution in [0, 0.1) is 17.1 Å². The number of benzene rings is 2. The third-order valence-corrected chi connectivity index (χ3v) is 4.94. The molecule has 26 heavy (non-hydrogen) atoms. The lowest BCUT2D eigenvalue weighted by Gasteiger charge is -2.12. The summed E-state index contributed by atoms with van der Waals surface area (Å²) < 4.78 is 35.3. The highest BCUT2D eigenvalue weighted by atomic mass is 79.9. The first kappa shape index (κ1) is 18.4. The van der Waals surface area contributed by atoms with Gasteiger partial charge in [-0.15, -0.1) is 0 Å². The SMILES string of the molecule is N#Cc1cc(-c2ccc(CS(=O)[O-])cc2)c(-c2ccc(F)cc2)nc1Br. The largest absolute Gasteiger partial charge is 0.772 e. The fraction of sp³-hybridized carbons (Fsp3) is 0.0526. The van der Waals surface area contributed by atoms with Crippen LogP contribution in [-0.2, 0) is 16.8 Å². The standard InChI is InChI=1S/C19H12BrFN2O2S/c20-19-15(10-22)9-17(13-3-1-12(2-4-13)11-26(24)25)18(23-19)14-5-7-16(21)8-6-14/h1-9H,11H2,(H,24,25)/p-1. The van der Waals surface area contributed by atoms with E-state index in [-0.39, 0.29) is 11.6 Å². The normalized spacial score (nSPS) is 11.8. The molecule has 1 heterocycles. The highest BCUT2D eigenvalue weighted by Gasteiger charge is 2.14. The molecule has 0 spiro atoms. The zero-order chi connectivity index (χ0) is 18.7. The van der Waals surface area contributed by atoms with Crippen LogP contribution >= 0.6 is 15.9 Å². The molecule has 130 valence electrons. The van der Waals surface area contributed by atoms with Gasteiger partial charge in [-0.05, 0) is 57.4 Å². The van der Waals surface area contributed by atoms with Gasteiger partial charge < -0.3 is 4.55 Å². The maximum Gasteiger partial charge on any atom is 0.124 e. The van der Waals surface area contributed by atoms with Crippen LogP contribution in [0.2, 0.25) is 0 Å². The number of aromatic nitrogens is 1. The van der Waals surface area contributed by atoms with Crippen LogP contribution in [0.3, 0.4) is 0 Å². The topological polar surface area (TPSA) is 76.8 Å². The molecule has 1 unspecified atom stereocenters. The Labute approximate surface area is 160 Å². The van der Waals surface area contributed by atoms with E-state index in [1.54, 1.807) is 42.5 Å². The molecule has 0 aliphatic rings. The second-order valence-corrected chi connectivity index (χ2v) is 7.13. The first-order valence-corrected chi connectivity index (χ1v) is 9.53. The van der Waals surface area contributed by atoms with Gasteiger partial charge in [-0.25, -0.2) is 9.37 Å². The summed E-state index contributed by atoms with van der Waals surface area (Å²) in [4.78, 5) is 4.46. The van der Waals surface area contributed by atoms with Gasteiger partial charge in [0.25, 0.3) is 0 Å². The Morgan fingerprint density at radius 1 is 1.12 bits per heavy atom. The summed E-state index contributed by atoms with van der Waals surface area (Å²) in [6, 6.07) is 16.7. The van der Waals surface area contributed by atoms with E-state index in [0.717, 1.165) is 5.56 Å². The molecule has 2 aromatic carbocycles. The van der Waals surface area contributed by atoms with Gasteiger partial charge in [-0.3, -0.25) is 4.21 Å². The molecule has 1 aromatic heterocycles. The molecule has 0 radical (unpaired) electrons. The third-order valence-electron chi connectivity index (χ3n) is 3.76. The van der Waals surface area contributed by atoms with Crippen LogP contribution in [0.15, 0.2) is 59.2 Å². The molecular weight excluding hydrogens is 419 g/mol. The van der Waals surface area contributed by atoms with Crippen molar-refractivity contribution in [1.82, 2.24) is 4.98 Å². The molecule has 0 bridgehead atoms. The average molecular weight is 430 g/mol. The van der Waals surface area contributed by atoms with E-state index < -0.39 is 11.1 Å². The molecule has 3 rings (SSSR count). The summed E-state index contributed by atoms with van der Waals surface area (Å²) in [6.45, 7) is 0. The van der Waals surface area contributed by atoms with Crippen molar-refractivity contribution >= 4 is 27.0 Å². The number of hydrogen-bond donors (Lipinski definition) is 0. The van der Waals surface area contributed by atoms with Gasteiger partial charge in [0, 0.05) is 16.9 Å². The van der Waals surface area contributed by atoms with Crippen molar-refractivity contribution in [3.63, 3.8) is 0 Å². The van der Waals surface area contributed by atoms with Gasteiger partial charge in [0.1, 0.15) is 16.5 Å². The van der Waals surface area contributed by atoms with E-state index in [1.807, 2.05) is 0 Å². The maximum atomic E-state index is 13.2. The van der Waals surface area contributed by atoms with E-state index in [1.165, 1.54) is 12.1 Å². The summed E-state index contributed by atoms with van der Waals surface area (Å²) in [5, 5.41) is 9.29. The molecule has 0 saturated carbocycles. The van der Waals surface area contributed by atoms with Crippen molar-refractivity contribution in [2.75, 3.05) is 0 Å². The van der Waals surface area contributed by atoms with E-state index in [0.29, 0.717) is 32.6 Å². The predicted octanol–water partition coefficient (Wildman–Crippen LogP) is 4.57. The number of rotatable bonds is 4. The number of nitrogens with zero attached hydrogens (tertiary/aromatic N) is 2. The molecular formula is C19H11BrFN2O2S-. The molecule has 0 saturated heterocycles. The second-order valence-electron chi connectivity index (χ2n) is 5.49. The van der Waals surface area contributed by atoms with Crippen molar-refractivity contribution in [3.05, 3.63) is 76.1 Å². The van der Waals surface area contributed by atoms with Crippen LogP contribution in [0.1, 0.15) is 11.1 Å². The molecule has 0 fully saturated rings. The summed E-state index contributed by atoms with van der Waals surface area (Å²) in [5.74, 6) is -0.411. The Morgan fingerprint density at radius 2 is 1.73 bits per heavy atom. The van der Waals surface area contributed by atoms with Crippen LogP contribution in [-0.4, -0.2) is 13.7 Å². The monoisotopic (exact) mass is 429 g/mol. The number of halogens is 2. The van der Waals surface area contributed by atoms with E-state index in [2.05, 4.69) is 27.0 Å². The smallest absolute Gasteiger partial charge is 0.124 e. The zero-order valence-corrected chi connectivity index (χ0v) is 15.7. The van der Waals surface area contributed by atoms with Gasteiger partial charge in [0.2, 0.25) is 0 Å². The highest BCUT2D eigenvalue weighted by molar-refractivity contribution is 9.10. The van der Waals surface area contributed by atoms with Crippen molar-refractivity contribution in [1.29, 1.82) is 5.26 Å². The van der Waals surface area contributed by atoms with Crippen molar-refractivity contribution in [2.24, 2.45) is 0 Å². The van der Waals surface area contributed by atoms with E-state index in [9.17, 15) is 18.4 Å². The molecule has 7 heteroatoms. The summed E-state index contributed by atoms with van der Waals surface area (Å²) in [5.41, 5.74) is 3.81. The van der Waals surface area contributed by atoms with E-state index in [4.69, 9.17) is 0 Å². The molecule has 0 aliphatic heterocycles. The predicted molar refractivity (Wildman–Crippen MR) is 100 cm³/mol. The fourth-order valence-electron chi connectivity index (χ4n) is 2.53. The van der Waals surface area contributed by atoms with Crippen molar-refractivity contribution < 1.29 is 13.2 Å². The van der Waals surface area contributed by atoms with Crippen LogP contribution in [0.25, 0.3) is 22.4 Å². The summed E-state index contributed by atoms with van der Waals surface area (Å²) in [6.07, 6.45) is 0. The highest BCUT2D eigenvalue weighted by Crippen LogP contribution is 2.34. The Morgan fingerprint density at radius 3 is 2.31 bits per heavy atom. The Hall–Kier alpha value is -2.40. The van der Waals surface area contributed by atoms with Gasteiger partial charge in [0.15, 0.2) is 0 Å². The third kappa shape index (κ3) is 4.05. The van der Waals surface area contributed by atoms with E-state index >= 15 is 0 Å². The van der Waals surface area contributed by atoms with Crippen LogP contribution in [0.4, 0.5) is 4.39 Å². The number of pyridine rings is 1.